The summed E-state index contributed by atoms with van der Waals surface area (Å²) in [6.07, 6.45) is 4.94. The Hall–Kier alpha value is -1.19. The van der Waals surface area contributed by atoms with Crippen LogP contribution in [0.2, 0.25) is 0 Å². The molecule has 288 valence electrons. The van der Waals surface area contributed by atoms with Crippen LogP contribution < -0.4 is 4.74 Å². The number of hydrogen-bond acceptors (Lipinski definition) is 12. The summed E-state index contributed by atoms with van der Waals surface area (Å²) < 4.78 is 70.1. The molecule has 0 radical (unpaired) electrons. The lowest BCUT2D eigenvalue weighted by molar-refractivity contribution is -0.0243. The van der Waals surface area contributed by atoms with Gasteiger partial charge in [-0.2, -0.15) is 0 Å². The topological polar surface area (TPSA) is 139 Å². The van der Waals surface area contributed by atoms with Crippen LogP contribution in [0.1, 0.15) is 64.9 Å². The molecule has 1 rings (SSSR count). The van der Waals surface area contributed by atoms with Crippen LogP contribution in [-0.2, 0) is 51.5 Å². The molecule has 0 aromatic heterocycles. The summed E-state index contributed by atoms with van der Waals surface area (Å²) in [6, 6.07) is 8.53. The Balaban J connectivity index is 1.77. The Bertz CT molecular complexity index is 893. The van der Waals surface area contributed by atoms with Crippen molar-refractivity contribution in [1.29, 1.82) is 0 Å². The number of hydrogen-bond donors (Lipinski definition) is 1. The largest absolute Gasteiger partial charge is 0.491 e. The van der Waals surface area contributed by atoms with Gasteiger partial charge in [0, 0.05) is 0 Å². The minimum absolute atomic E-state index is 0.0325. The summed E-state index contributed by atoms with van der Waals surface area (Å²) in [7, 11) is -3.96. The number of ether oxygens (including phenoxy) is 9. The SMILES string of the molecule is CCOP(=O)(O)OCCOCCOCCOCCOCCOCCOCCOCCOCCOc1ccc(C(CC)CCC(C)CC)cc1. The van der Waals surface area contributed by atoms with Gasteiger partial charge in [-0.3, -0.25) is 9.05 Å². The van der Waals surface area contributed by atoms with E-state index in [2.05, 4.69) is 49.6 Å². The fourth-order valence-corrected chi connectivity index (χ4v) is 5.11. The van der Waals surface area contributed by atoms with Crippen molar-refractivity contribution in [3.63, 3.8) is 0 Å². The van der Waals surface area contributed by atoms with E-state index in [1.54, 1.807) is 6.92 Å². The van der Waals surface area contributed by atoms with Crippen LogP contribution in [0.4, 0.5) is 0 Å². The van der Waals surface area contributed by atoms with E-state index in [1.165, 1.54) is 24.8 Å². The Morgan fingerprint density at radius 3 is 1.29 bits per heavy atom. The Morgan fingerprint density at radius 1 is 0.531 bits per heavy atom. The van der Waals surface area contributed by atoms with Gasteiger partial charge in [-0.25, -0.2) is 4.57 Å². The highest BCUT2D eigenvalue weighted by atomic mass is 31.2. The molecule has 0 saturated carbocycles. The third-order valence-corrected chi connectivity index (χ3v) is 8.52. The molecule has 13 nitrogen and oxygen atoms in total. The van der Waals surface area contributed by atoms with Crippen molar-refractivity contribution in [2.45, 2.75) is 59.3 Å². The molecule has 0 aliphatic rings. The molecule has 1 aromatic carbocycles. The Kier molecular flexibility index (Phi) is 30.6. The van der Waals surface area contributed by atoms with Crippen molar-refractivity contribution < 1.29 is 61.1 Å². The summed E-state index contributed by atoms with van der Waals surface area (Å²) in [6.45, 7) is 16.3. The van der Waals surface area contributed by atoms with Gasteiger partial charge in [0.15, 0.2) is 0 Å². The lowest BCUT2D eigenvalue weighted by Crippen LogP contribution is -2.15. The Morgan fingerprint density at radius 2 is 0.918 bits per heavy atom. The van der Waals surface area contributed by atoms with Crippen molar-refractivity contribution in [3.05, 3.63) is 29.8 Å². The molecule has 0 fully saturated rings. The molecular weight excluding hydrogens is 659 g/mol. The second-order valence-corrected chi connectivity index (χ2v) is 12.7. The molecule has 0 aliphatic heterocycles. The molecule has 0 spiro atoms. The summed E-state index contributed by atoms with van der Waals surface area (Å²) in [5.74, 6) is 2.28. The van der Waals surface area contributed by atoms with Gasteiger partial charge in [-0.1, -0.05) is 45.7 Å². The van der Waals surface area contributed by atoms with Gasteiger partial charge in [0.05, 0.1) is 119 Å². The maximum atomic E-state index is 11.3. The minimum Gasteiger partial charge on any atom is -0.491 e. The number of benzene rings is 1. The molecule has 0 bridgehead atoms. The van der Waals surface area contributed by atoms with Crippen molar-refractivity contribution >= 4 is 7.82 Å². The zero-order valence-electron chi connectivity index (χ0n) is 30.5. The van der Waals surface area contributed by atoms with Crippen LogP contribution in [0.25, 0.3) is 0 Å². The van der Waals surface area contributed by atoms with Crippen LogP contribution in [0.5, 0.6) is 5.75 Å². The molecule has 3 unspecified atom stereocenters. The molecular formula is C35H65O13P. The number of phosphoric acid groups is 1. The molecule has 49 heavy (non-hydrogen) atoms. The predicted octanol–water partition coefficient (Wildman–Crippen LogP) is 5.67. The average molecular weight is 725 g/mol. The van der Waals surface area contributed by atoms with Crippen molar-refractivity contribution in [1.82, 2.24) is 0 Å². The highest BCUT2D eigenvalue weighted by molar-refractivity contribution is 7.47. The van der Waals surface area contributed by atoms with Crippen molar-refractivity contribution in [3.8, 4) is 5.75 Å². The fraction of sp³-hybridized carbons (Fsp3) is 0.829. The average Bonchev–Trinajstić information content (AvgIpc) is 3.10. The van der Waals surface area contributed by atoms with Crippen LogP contribution >= 0.6 is 7.82 Å². The van der Waals surface area contributed by atoms with E-state index < -0.39 is 7.82 Å². The molecule has 0 amide bonds. The lowest BCUT2D eigenvalue weighted by Gasteiger charge is -2.18. The first-order chi connectivity index (χ1) is 23.9. The molecule has 0 saturated heterocycles. The highest BCUT2D eigenvalue weighted by Crippen LogP contribution is 2.42. The van der Waals surface area contributed by atoms with Gasteiger partial charge >= 0.3 is 7.82 Å². The quantitative estimate of drug-likeness (QED) is 0.0667. The second kappa shape index (κ2) is 32.7. The van der Waals surface area contributed by atoms with E-state index in [0.717, 1.165) is 18.1 Å². The zero-order valence-corrected chi connectivity index (χ0v) is 31.4. The smallest absolute Gasteiger partial charge is 0.472 e. The summed E-state index contributed by atoms with van der Waals surface area (Å²) in [5.41, 5.74) is 1.40. The lowest BCUT2D eigenvalue weighted by atomic mass is 9.88. The van der Waals surface area contributed by atoms with E-state index in [-0.39, 0.29) is 19.8 Å². The third kappa shape index (κ3) is 28.1. The van der Waals surface area contributed by atoms with Gasteiger partial charge in [0.25, 0.3) is 0 Å². The Labute approximate surface area is 295 Å². The normalized spacial score (nSPS) is 14.1. The monoisotopic (exact) mass is 724 g/mol. The predicted molar refractivity (Wildman–Crippen MR) is 188 cm³/mol. The fourth-order valence-electron chi connectivity index (χ4n) is 4.40. The molecule has 1 aromatic rings. The van der Waals surface area contributed by atoms with Crippen LogP contribution in [0, 0.1) is 5.92 Å². The first-order valence-corrected chi connectivity index (χ1v) is 19.4. The van der Waals surface area contributed by atoms with E-state index >= 15 is 0 Å². The highest BCUT2D eigenvalue weighted by Gasteiger charge is 2.19. The van der Waals surface area contributed by atoms with Gasteiger partial charge < -0.3 is 47.5 Å². The molecule has 0 heterocycles. The number of phosphoric ester groups is 1. The second-order valence-electron chi connectivity index (χ2n) is 11.2. The van der Waals surface area contributed by atoms with Crippen molar-refractivity contribution in [2.24, 2.45) is 5.92 Å². The minimum atomic E-state index is -3.96. The third-order valence-electron chi connectivity index (χ3n) is 7.42. The van der Waals surface area contributed by atoms with Gasteiger partial charge in [0.2, 0.25) is 0 Å². The summed E-state index contributed by atoms with van der Waals surface area (Å²) in [4.78, 5) is 9.24. The standard InChI is InChI=1S/C35H65O13P/c1-5-32(4)8-9-33(6-2)34-10-12-35(13-11-34)46-30-28-44-26-24-42-22-20-40-18-16-38-14-15-39-17-19-41-21-23-43-25-27-45-29-31-48-49(36,37)47-7-3/h10-13,32-33H,5-9,14-31H2,1-4H3,(H,36,37). The van der Waals surface area contributed by atoms with Gasteiger partial charge in [0.1, 0.15) is 12.4 Å². The summed E-state index contributed by atoms with van der Waals surface area (Å²) in [5, 5.41) is 0. The van der Waals surface area contributed by atoms with E-state index in [9.17, 15) is 9.46 Å². The zero-order chi connectivity index (χ0) is 35.7. The van der Waals surface area contributed by atoms with E-state index in [0.29, 0.717) is 112 Å². The van der Waals surface area contributed by atoms with Gasteiger partial charge in [-0.15, -0.1) is 0 Å². The summed E-state index contributed by atoms with van der Waals surface area (Å²) >= 11 is 0. The first-order valence-electron chi connectivity index (χ1n) is 17.9. The molecule has 14 heteroatoms. The van der Waals surface area contributed by atoms with Crippen molar-refractivity contribution in [2.75, 3.05) is 126 Å². The van der Waals surface area contributed by atoms with E-state index in [1.807, 2.05) is 0 Å². The van der Waals surface area contributed by atoms with Crippen LogP contribution in [0.3, 0.4) is 0 Å². The van der Waals surface area contributed by atoms with Crippen LogP contribution in [0.15, 0.2) is 24.3 Å². The molecule has 1 N–H and O–H groups in total. The van der Waals surface area contributed by atoms with E-state index in [4.69, 9.17) is 47.2 Å². The maximum absolute atomic E-state index is 11.3. The first kappa shape index (κ1) is 45.8. The molecule has 0 aliphatic carbocycles. The van der Waals surface area contributed by atoms with Crippen LogP contribution in [-0.4, -0.2) is 130 Å². The molecule has 3 atom stereocenters. The maximum Gasteiger partial charge on any atom is 0.472 e. The van der Waals surface area contributed by atoms with Gasteiger partial charge in [-0.05, 0) is 49.3 Å². The number of rotatable bonds is 37.